The zero-order chi connectivity index (χ0) is 11.5. The third kappa shape index (κ3) is 2.16. The van der Waals surface area contributed by atoms with Crippen LogP contribution >= 0.6 is 22.6 Å². The first-order chi connectivity index (χ1) is 7.68. The molecule has 0 atom stereocenters. The average molecular weight is 327 g/mol. The molecule has 0 radical (unpaired) electrons. The van der Waals surface area contributed by atoms with Gasteiger partial charge in [0, 0.05) is 24.0 Å². The maximum atomic E-state index is 10.7. The summed E-state index contributed by atoms with van der Waals surface area (Å²) in [4.78, 5) is 18.4. The Labute approximate surface area is 105 Å². The third-order valence-electron chi connectivity index (χ3n) is 1.98. The van der Waals surface area contributed by atoms with E-state index in [1.807, 2.05) is 28.7 Å². The van der Waals surface area contributed by atoms with Gasteiger partial charge in [0.2, 0.25) is 0 Å². The van der Waals surface area contributed by atoms with Gasteiger partial charge in [-0.05, 0) is 34.7 Å². The van der Waals surface area contributed by atoms with Crippen molar-refractivity contribution in [3.05, 3.63) is 50.5 Å². The Morgan fingerprint density at radius 3 is 2.75 bits per heavy atom. The van der Waals surface area contributed by atoms with Gasteiger partial charge in [0.25, 0.3) is 0 Å². The van der Waals surface area contributed by atoms with Crippen molar-refractivity contribution < 1.29 is 4.92 Å². The van der Waals surface area contributed by atoms with Crippen molar-refractivity contribution in [1.29, 1.82) is 0 Å². The van der Waals surface area contributed by atoms with Crippen molar-refractivity contribution in [3.8, 4) is 11.3 Å². The maximum Gasteiger partial charge on any atom is 0.301 e. The zero-order valence-electron chi connectivity index (χ0n) is 8.00. The van der Waals surface area contributed by atoms with Gasteiger partial charge in [-0.15, -0.1) is 0 Å². The van der Waals surface area contributed by atoms with E-state index in [-0.39, 0.29) is 5.69 Å². The van der Waals surface area contributed by atoms with Crippen LogP contribution in [0.5, 0.6) is 0 Å². The second-order valence-electron chi connectivity index (χ2n) is 3.01. The molecule has 0 spiro atoms. The summed E-state index contributed by atoms with van der Waals surface area (Å²) in [5.41, 5.74) is 1.32. The number of pyridine rings is 2. The molecule has 2 heterocycles. The van der Waals surface area contributed by atoms with E-state index in [1.54, 1.807) is 24.5 Å². The Morgan fingerprint density at radius 1 is 1.31 bits per heavy atom. The Morgan fingerprint density at radius 2 is 2.12 bits per heavy atom. The summed E-state index contributed by atoms with van der Waals surface area (Å²) in [5.74, 6) is 0. The minimum Gasteiger partial charge on any atom is -0.258 e. The fourth-order valence-corrected chi connectivity index (χ4v) is 1.73. The molecule has 0 aliphatic rings. The van der Waals surface area contributed by atoms with Crippen molar-refractivity contribution in [2.45, 2.75) is 0 Å². The number of hydrogen-bond donors (Lipinski definition) is 0. The largest absolute Gasteiger partial charge is 0.301 e. The van der Waals surface area contributed by atoms with E-state index in [0.29, 0.717) is 15.0 Å². The van der Waals surface area contributed by atoms with E-state index in [2.05, 4.69) is 9.97 Å². The molecule has 0 saturated heterocycles. The minimum atomic E-state index is -0.443. The quantitative estimate of drug-likeness (QED) is 0.368. The number of halogens is 1. The molecule has 0 aliphatic carbocycles. The molecule has 0 amide bonds. The lowest BCUT2D eigenvalue weighted by molar-refractivity contribution is -0.386. The van der Waals surface area contributed by atoms with Gasteiger partial charge in [-0.1, -0.05) is 6.07 Å². The van der Waals surface area contributed by atoms with Crippen molar-refractivity contribution in [1.82, 2.24) is 9.97 Å². The zero-order valence-corrected chi connectivity index (χ0v) is 10.2. The van der Waals surface area contributed by atoms with Gasteiger partial charge in [-0.25, -0.2) is 4.98 Å². The molecule has 2 aromatic rings. The Kier molecular flexibility index (Phi) is 3.09. The number of rotatable bonds is 2. The Balaban J connectivity index is 2.52. The second-order valence-corrected chi connectivity index (χ2v) is 4.03. The number of nitro groups is 1. The predicted molar refractivity (Wildman–Crippen MR) is 66.8 cm³/mol. The van der Waals surface area contributed by atoms with Crippen LogP contribution in [0.3, 0.4) is 0 Å². The molecule has 2 aromatic heterocycles. The van der Waals surface area contributed by atoms with Crippen LogP contribution < -0.4 is 0 Å². The molecule has 6 heteroatoms. The first kappa shape index (κ1) is 10.9. The maximum absolute atomic E-state index is 10.7. The van der Waals surface area contributed by atoms with Gasteiger partial charge in [0.1, 0.15) is 0 Å². The molecule has 0 saturated carbocycles. The fraction of sp³-hybridized carbons (Fsp3) is 0. The highest BCUT2D eigenvalue weighted by Gasteiger charge is 2.14. The topological polar surface area (TPSA) is 68.9 Å². The normalized spacial score (nSPS) is 10.1. The van der Waals surface area contributed by atoms with E-state index in [9.17, 15) is 10.1 Å². The summed E-state index contributed by atoms with van der Waals surface area (Å²) in [6.45, 7) is 0. The molecule has 80 valence electrons. The highest BCUT2D eigenvalue weighted by atomic mass is 127. The summed E-state index contributed by atoms with van der Waals surface area (Å²) >= 11 is 1.84. The molecule has 0 fully saturated rings. The summed E-state index contributed by atoms with van der Waals surface area (Å²) in [7, 11) is 0. The van der Waals surface area contributed by atoms with Gasteiger partial charge in [0.15, 0.2) is 3.70 Å². The highest BCUT2D eigenvalue weighted by Crippen LogP contribution is 2.24. The molecule has 5 nitrogen and oxygen atoms in total. The molecular formula is C10H6IN3O2. The summed E-state index contributed by atoms with van der Waals surface area (Å²) < 4.78 is 0.377. The first-order valence-electron chi connectivity index (χ1n) is 4.40. The monoisotopic (exact) mass is 327 g/mol. The standard InChI is InChI=1S/C10H6IN3O2/c11-10-9(14(15)16)5-7(6-13-10)8-3-1-2-4-12-8/h1-6H. The Hall–Kier alpha value is -1.57. The molecule has 0 N–H and O–H groups in total. The van der Waals surface area contributed by atoms with E-state index in [0.717, 1.165) is 0 Å². The van der Waals surface area contributed by atoms with Crippen LogP contribution in [-0.4, -0.2) is 14.9 Å². The van der Waals surface area contributed by atoms with Crippen molar-refractivity contribution in [3.63, 3.8) is 0 Å². The second kappa shape index (κ2) is 4.52. The summed E-state index contributed by atoms with van der Waals surface area (Å²) in [6, 6.07) is 6.88. The summed E-state index contributed by atoms with van der Waals surface area (Å²) in [5, 5.41) is 10.7. The molecule has 0 bridgehead atoms. The number of aromatic nitrogens is 2. The van der Waals surface area contributed by atoms with Crippen molar-refractivity contribution in [2.75, 3.05) is 0 Å². The molecule has 0 unspecified atom stereocenters. The van der Waals surface area contributed by atoms with E-state index in [1.165, 1.54) is 6.07 Å². The number of hydrogen-bond acceptors (Lipinski definition) is 4. The van der Waals surface area contributed by atoms with Gasteiger partial charge in [0.05, 0.1) is 10.6 Å². The minimum absolute atomic E-state index is 0.00348. The summed E-state index contributed by atoms with van der Waals surface area (Å²) in [6.07, 6.45) is 3.22. The average Bonchev–Trinajstić information content (AvgIpc) is 2.30. The van der Waals surface area contributed by atoms with Gasteiger partial charge in [-0.2, -0.15) is 0 Å². The number of nitrogens with zero attached hydrogens (tertiary/aromatic N) is 3. The fourth-order valence-electron chi connectivity index (χ4n) is 1.24. The van der Waals surface area contributed by atoms with Gasteiger partial charge >= 0.3 is 5.69 Å². The van der Waals surface area contributed by atoms with E-state index in [4.69, 9.17) is 0 Å². The first-order valence-corrected chi connectivity index (χ1v) is 5.47. The van der Waals surface area contributed by atoms with Crippen LogP contribution in [0.1, 0.15) is 0 Å². The molecule has 2 rings (SSSR count). The lowest BCUT2D eigenvalue weighted by Gasteiger charge is -2.00. The molecule has 0 aliphatic heterocycles. The SMILES string of the molecule is O=[N+]([O-])c1cc(-c2ccccn2)cnc1I. The Bertz CT molecular complexity index is 531. The van der Waals surface area contributed by atoms with Crippen LogP contribution in [0.4, 0.5) is 5.69 Å². The van der Waals surface area contributed by atoms with Gasteiger partial charge < -0.3 is 0 Å². The van der Waals surface area contributed by atoms with E-state index >= 15 is 0 Å². The van der Waals surface area contributed by atoms with Crippen LogP contribution in [0.2, 0.25) is 0 Å². The lowest BCUT2D eigenvalue weighted by Crippen LogP contribution is -1.95. The predicted octanol–water partition coefficient (Wildman–Crippen LogP) is 2.66. The van der Waals surface area contributed by atoms with E-state index < -0.39 is 4.92 Å². The smallest absolute Gasteiger partial charge is 0.258 e. The van der Waals surface area contributed by atoms with Crippen LogP contribution in [-0.2, 0) is 0 Å². The molecular weight excluding hydrogens is 321 g/mol. The molecule has 0 aromatic carbocycles. The van der Waals surface area contributed by atoms with Crippen molar-refractivity contribution >= 4 is 28.3 Å². The lowest BCUT2D eigenvalue weighted by atomic mass is 10.2. The van der Waals surface area contributed by atoms with Crippen molar-refractivity contribution in [2.24, 2.45) is 0 Å². The third-order valence-corrected chi connectivity index (χ3v) is 2.81. The van der Waals surface area contributed by atoms with Crippen LogP contribution in [0.25, 0.3) is 11.3 Å². The highest BCUT2D eigenvalue weighted by molar-refractivity contribution is 14.1. The van der Waals surface area contributed by atoms with Gasteiger partial charge in [-0.3, -0.25) is 15.1 Å². The van der Waals surface area contributed by atoms with Crippen LogP contribution in [0, 0.1) is 13.8 Å². The molecule has 16 heavy (non-hydrogen) atoms. The van der Waals surface area contributed by atoms with Crippen LogP contribution in [0.15, 0.2) is 36.7 Å².